The highest BCUT2D eigenvalue weighted by atomic mass is 32.2. The predicted molar refractivity (Wildman–Crippen MR) is 150 cm³/mol. The van der Waals surface area contributed by atoms with E-state index in [1.807, 2.05) is 13.8 Å². The molecule has 9 heteroatoms. The molecule has 8 nitrogen and oxygen atoms in total. The molecule has 0 aromatic rings. The van der Waals surface area contributed by atoms with Crippen molar-refractivity contribution in [3.05, 3.63) is 0 Å². The molecular formula is C30H53NO7S. The molecule has 4 rings (SSSR count). The summed E-state index contributed by atoms with van der Waals surface area (Å²) >= 11 is 0. The van der Waals surface area contributed by atoms with Crippen molar-refractivity contribution in [3.8, 4) is 0 Å². The SMILES string of the molecule is CC(C)C[C@H](CS(=O)(=O)O)NC(=O)CC[C@@H](C)[C@H]1CC[C@H]2[C@@H]3[C@H](O)C[C@@H]4C[C@H](O)CC[C@]4(C)[C@H]3C[C@H](O)[C@]12C. The first-order valence-electron chi connectivity index (χ1n) is 15.3. The largest absolute Gasteiger partial charge is 0.393 e. The number of hydrogen-bond donors (Lipinski definition) is 5. The maximum atomic E-state index is 12.8. The van der Waals surface area contributed by atoms with Gasteiger partial charge in [0.15, 0.2) is 0 Å². The van der Waals surface area contributed by atoms with Gasteiger partial charge >= 0.3 is 0 Å². The quantitative estimate of drug-likeness (QED) is 0.265. The molecule has 4 saturated carbocycles. The second-order valence-electron chi connectivity index (χ2n) is 14.7. The molecular weight excluding hydrogens is 518 g/mol. The van der Waals surface area contributed by atoms with E-state index in [0.717, 1.165) is 38.5 Å². The minimum absolute atomic E-state index is 0.0435. The summed E-state index contributed by atoms with van der Waals surface area (Å²) in [6.45, 7) is 10.6. The Hall–Kier alpha value is -0.740. The van der Waals surface area contributed by atoms with Gasteiger partial charge in [-0.05, 0) is 110 Å². The zero-order valence-electron chi connectivity index (χ0n) is 24.6. The van der Waals surface area contributed by atoms with E-state index in [1.54, 1.807) is 0 Å². The van der Waals surface area contributed by atoms with E-state index in [2.05, 4.69) is 26.1 Å². The van der Waals surface area contributed by atoms with Crippen molar-refractivity contribution in [1.82, 2.24) is 5.32 Å². The van der Waals surface area contributed by atoms with Crippen LogP contribution in [-0.4, -0.2) is 64.3 Å². The Morgan fingerprint density at radius 2 is 1.69 bits per heavy atom. The van der Waals surface area contributed by atoms with Gasteiger partial charge in [0.05, 0.1) is 24.1 Å². The lowest BCUT2D eigenvalue weighted by molar-refractivity contribution is -0.207. The second-order valence-corrected chi connectivity index (χ2v) is 16.2. The zero-order chi connectivity index (χ0) is 28.9. The lowest BCUT2D eigenvalue weighted by atomic mass is 9.43. The van der Waals surface area contributed by atoms with Crippen molar-refractivity contribution in [1.29, 1.82) is 0 Å². The van der Waals surface area contributed by atoms with Crippen LogP contribution in [0.5, 0.6) is 0 Å². The fourth-order valence-corrected chi connectivity index (χ4v) is 10.7. The van der Waals surface area contributed by atoms with Crippen LogP contribution >= 0.6 is 0 Å². The molecule has 0 spiro atoms. The normalized spacial score (nSPS) is 43.7. The highest BCUT2D eigenvalue weighted by molar-refractivity contribution is 7.85. The fourth-order valence-electron chi connectivity index (χ4n) is 9.98. The summed E-state index contributed by atoms with van der Waals surface area (Å²) in [5.41, 5.74) is -0.275. The molecule has 4 aliphatic rings. The summed E-state index contributed by atoms with van der Waals surface area (Å²) in [5.74, 6) is 0.860. The summed E-state index contributed by atoms with van der Waals surface area (Å²) in [4.78, 5) is 12.8. The topological polar surface area (TPSA) is 144 Å². The van der Waals surface area contributed by atoms with E-state index < -0.39 is 34.1 Å². The molecule has 0 aliphatic heterocycles. The number of rotatable bonds is 9. The predicted octanol–water partition coefficient (Wildman–Crippen LogP) is 3.78. The van der Waals surface area contributed by atoms with Gasteiger partial charge in [0.1, 0.15) is 0 Å². The Kier molecular flexibility index (Phi) is 9.20. The van der Waals surface area contributed by atoms with Crippen LogP contribution < -0.4 is 5.32 Å². The first-order valence-corrected chi connectivity index (χ1v) is 17.0. The fraction of sp³-hybridized carbons (Fsp3) is 0.967. The third kappa shape index (κ3) is 6.23. The number of carbonyl (C=O) groups is 1. The zero-order valence-corrected chi connectivity index (χ0v) is 25.4. The molecule has 1 amide bonds. The maximum Gasteiger partial charge on any atom is 0.266 e. The van der Waals surface area contributed by atoms with Gasteiger partial charge in [-0.2, -0.15) is 8.42 Å². The Balaban J connectivity index is 1.42. The van der Waals surface area contributed by atoms with Crippen molar-refractivity contribution in [2.24, 2.45) is 52.3 Å². The molecule has 0 saturated heterocycles. The van der Waals surface area contributed by atoms with Gasteiger partial charge in [-0.25, -0.2) is 0 Å². The van der Waals surface area contributed by atoms with Crippen molar-refractivity contribution < 1.29 is 33.1 Å². The first-order chi connectivity index (χ1) is 18.1. The van der Waals surface area contributed by atoms with E-state index in [-0.39, 0.29) is 64.8 Å². The summed E-state index contributed by atoms with van der Waals surface area (Å²) in [6.07, 6.45) is 6.09. The van der Waals surface area contributed by atoms with Crippen molar-refractivity contribution >= 4 is 16.0 Å². The monoisotopic (exact) mass is 571 g/mol. The Morgan fingerprint density at radius 1 is 1.00 bits per heavy atom. The Bertz CT molecular complexity index is 988. The van der Waals surface area contributed by atoms with Gasteiger partial charge in [0.2, 0.25) is 5.91 Å². The van der Waals surface area contributed by atoms with Gasteiger partial charge in [0.25, 0.3) is 10.1 Å². The second kappa shape index (κ2) is 11.5. The van der Waals surface area contributed by atoms with Gasteiger partial charge in [-0.3, -0.25) is 9.35 Å². The summed E-state index contributed by atoms with van der Waals surface area (Å²) in [6, 6.07) is -0.618. The van der Waals surface area contributed by atoms with E-state index in [0.29, 0.717) is 25.2 Å². The molecule has 5 N–H and O–H groups in total. The smallest absolute Gasteiger partial charge is 0.266 e. The van der Waals surface area contributed by atoms with Crippen LogP contribution in [0.4, 0.5) is 0 Å². The van der Waals surface area contributed by atoms with Crippen LogP contribution in [0.15, 0.2) is 0 Å². The van der Waals surface area contributed by atoms with Gasteiger partial charge in [-0.15, -0.1) is 0 Å². The third-order valence-electron chi connectivity index (χ3n) is 11.9. The number of aliphatic hydroxyl groups is 3. The van der Waals surface area contributed by atoms with E-state index in [1.165, 1.54) is 0 Å². The van der Waals surface area contributed by atoms with Crippen LogP contribution in [0.2, 0.25) is 0 Å². The van der Waals surface area contributed by atoms with Crippen molar-refractivity contribution in [2.75, 3.05) is 5.75 Å². The first kappa shape index (κ1) is 31.2. The van der Waals surface area contributed by atoms with Gasteiger partial charge in [0, 0.05) is 12.5 Å². The molecule has 4 aliphatic carbocycles. The van der Waals surface area contributed by atoms with Gasteiger partial charge in [-0.1, -0.05) is 34.6 Å². The average Bonchev–Trinajstić information content (AvgIpc) is 3.16. The van der Waals surface area contributed by atoms with Gasteiger partial charge < -0.3 is 20.6 Å². The minimum atomic E-state index is -4.19. The summed E-state index contributed by atoms with van der Waals surface area (Å²) in [5, 5.41) is 36.3. The summed E-state index contributed by atoms with van der Waals surface area (Å²) < 4.78 is 32.2. The third-order valence-corrected chi connectivity index (χ3v) is 12.7. The molecule has 0 aromatic heterocycles. The standard InChI is InChI=1S/C30H53NO7S/c1-17(2)12-20(16-39(36,37)38)31-27(35)9-6-18(3)22-7-8-23-28-24(15-26(34)30(22,23)5)29(4)11-10-21(32)13-19(29)14-25(28)33/h17-26,28,32-34H,6-16H2,1-5H3,(H,31,35)(H,36,37,38)/t18-,19+,20-,21-,22-,23+,24+,25-,26+,28+,29+,30-/m1/s1. The number of carbonyl (C=O) groups excluding carboxylic acids is 1. The molecule has 12 atom stereocenters. The van der Waals surface area contributed by atoms with E-state index in [4.69, 9.17) is 0 Å². The molecule has 4 fully saturated rings. The number of aliphatic hydroxyl groups excluding tert-OH is 3. The van der Waals surface area contributed by atoms with Crippen LogP contribution in [-0.2, 0) is 14.9 Å². The highest BCUT2D eigenvalue weighted by Crippen LogP contribution is 2.68. The molecule has 0 unspecified atom stereocenters. The van der Waals surface area contributed by atoms with E-state index >= 15 is 0 Å². The van der Waals surface area contributed by atoms with Crippen LogP contribution in [0.3, 0.4) is 0 Å². The molecule has 0 heterocycles. The average molecular weight is 572 g/mol. The van der Waals surface area contributed by atoms with Crippen LogP contribution in [0.25, 0.3) is 0 Å². The molecule has 0 radical (unpaired) electrons. The van der Waals surface area contributed by atoms with Crippen molar-refractivity contribution in [3.63, 3.8) is 0 Å². The number of fused-ring (bicyclic) bond motifs is 5. The Labute approximate surface area is 235 Å². The van der Waals surface area contributed by atoms with Crippen LogP contribution in [0, 0.1) is 52.3 Å². The summed E-state index contributed by atoms with van der Waals surface area (Å²) in [7, 11) is -4.19. The lowest BCUT2D eigenvalue weighted by Crippen LogP contribution is -2.62. The number of hydrogen-bond acceptors (Lipinski definition) is 6. The minimum Gasteiger partial charge on any atom is -0.393 e. The van der Waals surface area contributed by atoms with E-state index in [9.17, 15) is 33.1 Å². The molecule has 39 heavy (non-hydrogen) atoms. The highest BCUT2D eigenvalue weighted by Gasteiger charge is 2.65. The van der Waals surface area contributed by atoms with Crippen molar-refractivity contribution in [2.45, 2.75) is 123 Å². The molecule has 226 valence electrons. The number of amides is 1. The molecule has 0 bridgehead atoms. The Morgan fingerprint density at radius 3 is 2.33 bits per heavy atom. The maximum absolute atomic E-state index is 12.8. The van der Waals surface area contributed by atoms with Crippen LogP contribution in [0.1, 0.15) is 98.8 Å². The number of nitrogens with one attached hydrogen (secondary N) is 1. The molecule has 0 aromatic carbocycles. The lowest BCUT2D eigenvalue weighted by Gasteiger charge is -2.63.